The molecule has 2 heterocycles. The molecule has 3 nitrogen and oxygen atoms in total. The second-order valence-corrected chi connectivity index (χ2v) is 4.06. The Kier molecular flexibility index (Phi) is 1.69. The van der Waals surface area contributed by atoms with Crippen molar-refractivity contribution in [3.63, 3.8) is 0 Å². The topological polar surface area (TPSA) is 37.4 Å². The van der Waals surface area contributed by atoms with Gasteiger partial charge in [-0.05, 0) is 24.5 Å². The summed E-state index contributed by atoms with van der Waals surface area (Å²) in [6.07, 6.45) is 2.01. The number of nitrogens with zero attached hydrogens (tertiary/aromatic N) is 1. The van der Waals surface area contributed by atoms with Crippen molar-refractivity contribution in [1.29, 1.82) is 0 Å². The van der Waals surface area contributed by atoms with E-state index < -0.39 is 0 Å². The van der Waals surface area contributed by atoms with Crippen molar-refractivity contribution in [3.8, 4) is 0 Å². The maximum absolute atomic E-state index is 11.7. The summed E-state index contributed by atoms with van der Waals surface area (Å²) < 4.78 is 0. The Morgan fingerprint density at radius 2 is 2.07 bits per heavy atom. The number of hydrogen-bond donors (Lipinski definition) is 0. The summed E-state index contributed by atoms with van der Waals surface area (Å²) in [5, 5.41) is 0. The van der Waals surface area contributed by atoms with Gasteiger partial charge in [-0.1, -0.05) is 12.1 Å². The third kappa shape index (κ3) is 1.12. The van der Waals surface area contributed by atoms with Crippen molar-refractivity contribution < 1.29 is 9.59 Å². The molecule has 0 aromatic heterocycles. The van der Waals surface area contributed by atoms with Crippen LogP contribution in [0.3, 0.4) is 0 Å². The molecule has 0 unspecified atom stereocenters. The van der Waals surface area contributed by atoms with Crippen molar-refractivity contribution in [3.05, 3.63) is 29.3 Å². The van der Waals surface area contributed by atoms with E-state index in [9.17, 15) is 9.59 Å². The molecule has 15 heavy (non-hydrogen) atoms. The standard InChI is InChI=1S/C12H11NO2/c14-10-7-11(15)13-6-2-4-8-3-1-5-9(10)12(8)13/h1,3,5H,2,4,6-7H2. The Balaban J connectivity index is 2.28. The highest BCUT2D eigenvalue weighted by molar-refractivity contribution is 6.20. The first-order valence-electron chi connectivity index (χ1n) is 5.23. The normalized spacial score (nSPS) is 19.1. The number of benzene rings is 1. The molecule has 0 saturated heterocycles. The minimum absolute atomic E-state index is 0.0324. The SMILES string of the molecule is O=C1CC(=O)N2CCCc3cccc1c32. The van der Waals surface area contributed by atoms with Crippen LogP contribution < -0.4 is 4.90 Å². The molecule has 2 aliphatic rings. The summed E-state index contributed by atoms with van der Waals surface area (Å²) in [6, 6.07) is 5.74. The number of para-hydroxylation sites is 1. The fourth-order valence-corrected chi connectivity index (χ4v) is 2.45. The second kappa shape index (κ2) is 2.92. The number of carbonyl (C=O) groups excluding carboxylic acids is 2. The van der Waals surface area contributed by atoms with Crippen LogP contribution in [0.25, 0.3) is 0 Å². The van der Waals surface area contributed by atoms with Crippen LogP contribution in [0.1, 0.15) is 28.8 Å². The van der Waals surface area contributed by atoms with Crippen LogP contribution in [-0.2, 0) is 11.2 Å². The number of rotatable bonds is 0. The first-order valence-corrected chi connectivity index (χ1v) is 5.23. The van der Waals surface area contributed by atoms with E-state index >= 15 is 0 Å². The number of ketones is 1. The van der Waals surface area contributed by atoms with Gasteiger partial charge in [0.1, 0.15) is 0 Å². The monoisotopic (exact) mass is 201 g/mol. The van der Waals surface area contributed by atoms with E-state index in [-0.39, 0.29) is 18.1 Å². The molecule has 0 aliphatic carbocycles. The fourth-order valence-electron chi connectivity index (χ4n) is 2.45. The molecule has 3 rings (SSSR count). The van der Waals surface area contributed by atoms with E-state index in [2.05, 4.69) is 0 Å². The first-order chi connectivity index (χ1) is 7.27. The maximum atomic E-state index is 11.7. The van der Waals surface area contributed by atoms with Crippen molar-refractivity contribution >= 4 is 17.4 Å². The Hall–Kier alpha value is -1.64. The van der Waals surface area contributed by atoms with E-state index in [1.807, 2.05) is 18.2 Å². The van der Waals surface area contributed by atoms with Crippen molar-refractivity contribution in [2.45, 2.75) is 19.3 Å². The molecule has 0 atom stereocenters. The van der Waals surface area contributed by atoms with Crippen LogP contribution in [0, 0.1) is 0 Å². The largest absolute Gasteiger partial charge is 0.311 e. The van der Waals surface area contributed by atoms with Crippen molar-refractivity contribution in [1.82, 2.24) is 0 Å². The summed E-state index contributed by atoms with van der Waals surface area (Å²) >= 11 is 0. The third-order valence-corrected chi connectivity index (χ3v) is 3.13. The fraction of sp³-hybridized carbons (Fsp3) is 0.333. The van der Waals surface area contributed by atoms with Crippen molar-refractivity contribution in [2.24, 2.45) is 0 Å². The highest BCUT2D eigenvalue weighted by atomic mass is 16.2. The van der Waals surface area contributed by atoms with E-state index in [1.165, 1.54) is 0 Å². The van der Waals surface area contributed by atoms with Crippen LogP contribution in [0.5, 0.6) is 0 Å². The van der Waals surface area contributed by atoms with E-state index in [0.29, 0.717) is 0 Å². The molecular formula is C12H11NO2. The lowest BCUT2D eigenvalue weighted by atomic mass is 9.91. The van der Waals surface area contributed by atoms with E-state index in [0.717, 1.165) is 36.2 Å². The van der Waals surface area contributed by atoms with Gasteiger partial charge in [0.05, 0.1) is 12.1 Å². The van der Waals surface area contributed by atoms with Gasteiger partial charge in [-0.25, -0.2) is 0 Å². The van der Waals surface area contributed by atoms with Gasteiger partial charge in [0, 0.05) is 12.1 Å². The summed E-state index contributed by atoms with van der Waals surface area (Å²) in [7, 11) is 0. The summed E-state index contributed by atoms with van der Waals surface area (Å²) in [6.45, 7) is 0.760. The number of amides is 1. The third-order valence-electron chi connectivity index (χ3n) is 3.13. The van der Waals surface area contributed by atoms with Crippen LogP contribution in [0.2, 0.25) is 0 Å². The summed E-state index contributed by atoms with van der Waals surface area (Å²) in [5.74, 6) is -0.0744. The average Bonchev–Trinajstić information content (AvgIpc) is 2.25. The zero-order valence-electron chi connectivity index (χ0n) is 8.32. The molecule has 2 aliphatic heterocycles. The first kappa shape index (κ1) is 8.65. The van der Waals surface area contributed by atoms with Gasteiger partial charge in [0.2, 0.25) is 5.91 Å². The maximum Gasteiger partial charge on any atom is 0.234 e. The lowest BCUT2D eigenvalue weighted by Gasteiger charge is -2.34. The Morgan fingerprint density at radius 1 is 1.20 bits per heavy atom. The predicted molar refractivity (Wildman–Crippen MR) is 56.1 cm³/mol. The smallest absolute Gasteiger partial charge is 0.234 e. The Morgan fingerprint density at radius 3 is 2.93 bits per heavy atom. The molecule has 0 N–H and O–H groups in total. The molecule has 76 valence electrons. The number of carbonyl (C=O) groups is 2. The molecule has 0 saturated carbocycles. The summed E-state index contributed by atoms with van der Waals surface area (Å²) in [5.41, 5.74) is 2.75. The van der Waals surface area contributed by atoms with E-state index in [4.69, 9.17) is 0 Å². The predicted octanol–water partition coefficient (Wildman–Crippen LogP) is 1.55. The minimum Gasteiger partial charge on any atom is -0.311 e. The molecule has 0 fully saturated rings. The number of aryl methyl sites for hydroxylation is 1. The minimum atomic E-state index is -0.0420. The molecule has 0 bridgehead atoms. The molecule has 0 spiro atoms. The number of Topliss-reactive ketones (excluding diaryl/α,β-unsaturated/α-hetero) is 1. The Bertz CT molecular complexity index is 465. The molecule has 1 amide bonds. The molecular weight excluding hydrogens is 190 g/mol. The zero-order chi connectivity index (χ0) is 10.4. The van der Waals surface area contributed by atoms with Gasteiger partial charge in [-0.15, -0.1) is 0 Å². The summed E-state index contributed by atoms with van der Waals surface area (Å²) in [4.78, 5) is 25.1. The van der Waals surface area contributed by atoms with Gasteiger partial charge < -0.3 is 4.90 Å². The highest BCUT2D eigenvalue weighted by Crippen LogP contribution is 2.35. The van der Waals surface area contributed by atoms with Crippen LogP contribution in [-0.4, -0.2) is 18.2 Å². The highest BCUT2D eigenvalue weighted by Gasteiger charge is 2.33. The zero-order valence-corrected chi connectivity index (χ0v) is 8.32. The lowest BCUT2D eigenvalue weighted by Crippen LogP contribution is -2.41. The second-order valence-electron chi connectivity index (χ2n) is 4.06. The molecule has 3 heteroatoms. The number of hydrogen-bond acceptors (Lipinski definition) is 2. The molecule has 1 aromatic carbocycles. The van der Waals surface area contributed by atoms with Crippen LogP contribution in [0.4, 0.5) is 5.69 Å². The van der Waals surface area contributed by atoms with Crippen LogP contribution in [0.15, 0.2) is 18.2 Å². The van der Waals surface area contributed by atoms with Gasteiger partial charge in [0.15, 0.2) is 5.78 Å². The van der Waals surface area contributed by atoms with E-state index in [1.54, 1.807) is 4.90 Å². The van der Waals surface area contributed by atoms with Crippen molar-refractivity contribution in [2.75, 3.05) is 11.4 Å². The lowest BCUT2D eigenvalue weighted by molar-refractivity contribution is -0.118. The van der Waals surface area contributed by atoms with Gasteiger partial charge in [-0.2, -0.15) is 0 Å². The van der Waals surface area contributed by atoms with Crippen LogP contribution >= 0.6 is 0 Å². The number of anilines is 1. The Labute approximate surface area is 87.7 Å². The average molecular weight is 201 g/mol. The molecule has 1 aromatic rings. The quantitative estimate of drug-likeness (QED) is 0.597. The van der Waals surface area contributed by atoms with Gasteiger partial charge in [-0.3, -0.25) is 9.59 Å². The van der Waals surface area contributed by atoms with Gasteiger partial charge >= 0.3 is 0 Å². The van der Waals surface area contributed by atoms with Gasteiger partial charge in [0.25, 0.3) is 0 Å². The molecule has 0 radical (unpaired) electrons.